The van der Waals surface area contributed by atoms with Crippen molar-refractivity contribution in [3.8, 4) is 22.5 Å². The first-order chi connectivity index (χ1) is 28.3. The van der Waals surface area contributed by atoms with Gasteiger partial charge in [-0.2, -0.15) is 0 Å². The zero-order chi connectivity index (χ0) is 37.8. The summed E-state index contributed by atoms with van der Waals surface area (Å²) in [6, 6.07) is 85.3. The third kappa shape index (κ3) is 5.10. The van der Waals surface area contributed by atoms with Crippen molar-refractivity contribution in [3.05, 3.63) is 231 Å². The smallest absolute Gasteiger partial charge is 0.181 e. The van der Waals surface area contributed by atoms with Crippen LogP contribution in [0, 0.1) is 0 Å². The molecule has 0 aliphatic rings. The molecule has 0 bridgehead atoms. The average Bonchev–Trinajstić information content (AvgIpc) is 3.82. The van der Waals surface area contributed by atoms with Crippen molar-refractivity contribution in [1.82, 2.24) is 9.13 Å². The van der Waals surface area contributed by atoms with Crippen molar-refractivity contribution in [2.24, 2.45) is 0 Å². The minimum absolute atomic E-state index is 1.15. The fourth-order valence-corrected chi connectivity index (χ4v) is 14.5. The van der Waals surface area contributed by atoms with E-state index >= 15 is 0 Å². The summed E-state index contributed by atoms with van der Waals surface area (Å²) in [5.74, 6) is 0. The topological polar surface area (TPSA) is 9.86 Å². The van der Waals surface area contributed by atoms with Crippen molar-refractivity contribution in [1.29, 1.82) is 0 Å². The van der Waals surface area contributed by atoms with Crippen molar-refractivity contribution in [2.45, 2.75) is 0 Å². The molecule has 11 rings (SSSR count). The normalized spacial score (nSPS) is 11.9. The van der Waals surface area contributed by atoms with Gasteiger partial charge in [-0.15, -0.1) is 0 Å². The standard InChI is InChI=1S/C54H38N2Si/c1-6-21-39(22-7-1)48-37-41(38-49-46-32-17-19-35-51(46)55(53(48)49)40-23-8-2-9-24-40)56-50-34-18-16-31-45(50)47-33-20-36-52(54(47)56)57(42-25-10-3-11-26-42,43-27-12-4-13-28-43)44-29-14-5-15-30-44/h1-38H. The quantitative estimate of drug-likeness (QED) is 0.114. The molecule has 268 valence electrons. The molecule has 0 saturated carbocycles. The summed E-state index contributed by atoms with van der Waals surface area (Å²) in [6.45, 7) is 0. The van der Waals surface area contributed by atoms with Gasteiger partial charge in [0.15, 0.2) is 8.07 Å². The maximum atomic E-state index is 2.58. The number of hydrogen-bond acceptors (Lipinski definition) is 0. The van der Waals surface area contributed by atoms with Crippen LogP contribution in [-0.4, -0.2) is 17.2 Å². The molecule has 0 unspecified atom stereocenters. The largest absolute Gasteiger partial charge is 0.309 e. The second kappa shape index (κ2) is 13.5. The molecule has 0 radical (unpaired) electrons. The van der Waals surface area contributed by atoms with Gasteiger partial charge in [-0.3, -0.25) is 0 Å². The van der Waals surface area contributed by atoms with Gasteiger partial charge >= 0.3 is 0 Å². The van der Waals surface area contributed by atoms with E-state index in [1.807, 2.05) is 0 Å². The molecule has 9 aromatic carbocycles. The van der Waals surface area contributed by atoms with E-state index < -0.39 is 8.07 Å². The molecule has 2 nitrogen and oxygen atoms in total. The third-order valence-electron chi connectivity index (χ3n) is 11.8. The molecule has 11 aromatic rings. The molecule has 0 saturated heterocycles. The monoisotopic (exact) mass is 742 g/mol. The number of rotatable bonds is 7. The summed E-state index contributed by atoms with van der Waals surface area (Å²) >= 11 is 0. The second-order valence-electron chi connectivity index (χ2n) is 14.8. The van der Waals surface area contributed by atoms with E-state index in [0.717, 1.165) is 11.4 Å². The third-order valence-corrected chi connectivity index (χ3v) is 16.6. The Labute approximate surface area is 333 Å². The van der Waals surface area contributed by atoms with Crippen molar-refractivity contribution >= 4 is 72.4 Å². The van der Waals surface area contributed by atoms with Crippen LogP contribution in [0.15, 0.2) is 231 Å². The summed E-state index contributed by atoms with van der Waals surface area (Å²) in [6.07, 6.45) is 0. The van der Waals surface area contributed by atoms with E-state index in [-0.39, 0.29) is 0 Å². The second-order valence-corrected chi connectivity index (χ2v) is 18.6. The van der Waals surface area contributed by atoms with Crippen molar-refractivity contribution in [2.75, 3.05) is 0 Å². The van der Waals surface area contributed by atoms with Gasteiger partial charge in [0.2, 0.25) is 0 Å². The number of para-hydroxylation sites is 4. The molecular weight excluding hydrogens is 705 g/mol. The summed E-state index contributed by atoms with van der Waals surface area (Å²) in [5.41, 5.74) is 9.54. The molecule has 57 heavy (non-hydrogen) atoms. The lowest BCUT2D eigenvalue weighted by Crippen LogP contribution is -2.75. The highest BCUT2D eigenvalue weighted by Gasteiger charge is 2.43. The first kappa shape index (κ1) is 33.2. The number of aromatic nitrogens is 2. The number of nitrogens with zero attached hydrogens (tertiary/aromatic N) is 2. The van der Waals surface area contributed by atoms with Gasteiger partial charge in [0.1, 0.15) is 0 Å². The summed E-state index contributed by atoms with van der Waals surface area (Å²) < 4.78 is 5.03. The van der Waals surface area contributed by atoms with Crippen LogP contribution < -0.4 is 20.7 Å². The SMILES string of the molecule is c1ccc(-c2cc(-n3c4ccccc4c4cccc([Si](c5ccccc5)(c5ccccc5)c5ccccc5)c43)cc3c4ccccc4n(-c4ccccc4)c23)cc1. The van der Waals surface area contributed by atoms with E-state index in [1.54, 1.807) is 0 Å². The van der Waals surface area contributed by atoms with Crippen LogP contribution in [-0.2, 0) is 0 Å². The Hall–Kier alpha value is -7.20. The molecule has 0 spiro atoms. The Kier molecular flexibility index (Phi) is 7.87. The van der Waals surface area contributed by atoms with E-state index in [2.05, 4.69) is 240 Å². The van der Waals surface area contributed by atoms with Crippen LogP contribution in [0.25, 0.3) is 66.1 Å². The lowest BCUT2D eigenvalue weighted by atomic mass is 10.0. The van der Waals surface area contributed by atoms with Crippen LogP contribution in [0.3, 0.4) is 0 Å². The molecule has 2 aromatic heterocycles. The zero-order valence-corrected chi connectivity index (χ0v) is 32.3. The predicted octanol–water partition coefficient (Wildman–Crippen LogP) is 10.9. The number of benzene rings is 9. The molecule has 3 heteroatoms. The Balaban J connectivity index is 1.34. The zero-order valence-electron chi connectivity index (χ0n) is 31.3. The summed E-state index contributed by atoms with van der Waals surface area (Å²) in [4.78, 5) is 0. The van der Waals surface area contributed by atoms with Crippen LogP contribution >= 0.6 is 0 Å². The number of hydrogen-bond donors (Lipinski definition) is 0. The fraction of sp³-hybridized carbons (Fsp3) is 0. The fourth-order valence-electron chi connectivity index (χ4n) is 9.51. The molecule has 0 atom stereocenters. The van der Waals surface area contributed by atoms with Gasteiger partial charge in [0.05, 0.1) is 22.1 Å². The molecule has 0 fully saturated rings. The van der Waals surface area contributed by atoms with E-state index in [1.165, 1.54) is 75.5 Å². The average molecular weight is 743 g/mol. The highest BCUT2D eigenvalue weighted by atomic mass is 28.3. The van der Waals surface area contributed by atoms with Gasteiger partial charge in [0.25, 0.3) is 0 Å². The van der Waals surface area contributed by atoms with Crippen molar-refractivity contribution < 1.29 is 0 Å². The first-order valence-electron chi connectivity index (χ1n) is 19.7. The van der Waals surface area contributed by atoms with Gasteiger partial charge < -0.3 is 9.13 Å². The lowest BCUT2D eigenvalue weighted by molar-refractivity contribution is 1.17. The predicted molar refractivity (Wildman–Crippen MR) is 244 cm³/mol. The Morgan fingerprint density at radius 3 is 1.30 bits per heavy atom. The lowest BCUT2D eigenvalue weighted by Gasteiger charge is -2.35. The Morgan fingerprint density at radius 1 is 0.298 bits per heavy atom. The molecule has 0 amide bonds. The van der Waals surface area contributed by atoms with Gasteiger partial charge in [-0.25, -0.2) is 0 Å². The van der Waals surface area contributed by atoms with Gasteiger partial charge in [0, 0.05) is 38.5 Å². The van der Waals surface area contributed by atoms with Gasteiger partial charge in [-0.05, 0) is 62.7 Å². The molecule has 0 N–H and O–H groups in total. The maximum Gasteiger partial charge on any atom is 0.181 e. The Bertz CT molecular complexity index is 3110. The maximum absolute atomic E-state index is 2.93. The molecule has 0 aliphatic carbocycles. The minimum Gasteiger partial charge on any atom is -0.309 e. The van der Waals surface area contributed by atoms with E-state index in [4.69, 9.17) is 0 Å². The van der Waals surface area contributed by atoms with E-state index in [9.17, 15) is 0 Å². The number of fused-ring (bicyclic) bond motifs is 6. The van der Waals surface area contributed by atoms with Crippen LogP contribution in [0.5, 0.6) is 0 Å². The first-order valence-corrected chi connectivity index (χ1v) is 21.7. The minimum atomic E-state index is -2.93. The van der Waals surface area contributed by atoms with Crippen LogP contribution in [0.4, 0.5) is 0 Å². The van der Waals surface area contributed by atoms with Crippen LogP contribution in [0.2, 0.25) is 0 Å². The molecule has 2 heterocycles. The van der Waals surface area contributed by atoms with E-state index in [0.29, 0.717) is 0 Å². The summed E-state index contributed by atoms with van der Waals surface area (Å²) in [5, 5.41) is 10.4. The highest BCUT2D eigenvalue weighted by molar-refractivity contribution is 7.20. The summed E-state index contributed by atoms with van der Waals surface area (Å²) in [7, 11) is -2.93. The van der Waals surface area contributed by atoms with Gasteiger partial charge in [-0.1, -0.05) is 194 Å². The molecular formula is C54H38N2Si. The van der Waals surface area contributed by atoms with Crippen molar-refractivity contribution in [3.63, 3.8) is 0 Å². The molecule has 0 aliphatic heterocycles. The Morgan fingerprint density at radius 2 is 0.737 bits per heavy atom. The highest BCUT2D eigenvalue weighted by Crippen LogP contribution is 2.42. The van der Waals surface area contributed by atoms with Crippen LogP contribution in [0.1, 0.15) is 0 Å².